The van der Waals surface area contributed by atoms with Crippen molar-refractivity contribution >= 4 is 45.0 Å². The lowest BCUT2D eigenvalue weighted by Crippen LogP contribution is -2.52. The molecule has 3 fully saturated rings. The molecule has 9 nitrogen and oxygen atoms in total. The van der Waals surface area contributed by atoms with Crippen molar-refractivity contribution < 1.29 is 31.5 Å². The van der Waals surface area contributed by atoms with Crippen LogP contribution in [-0.4, -0.2) is 81.7 Å². The molecule has 0 aliphatic carbocycles. The number of ether oxygens (including phenoxy) is 2. The summed E-state index contributed by atoms with van der Waals surface area (Å²) < 4.78 is 66.2. The molecule has 2 unspecified atom stereocenters. The van der Waals surface area contributed by atoms with Gasteiger partial charge in [0.05, 0.1) is 40.5 Å². The number of sulfonamides is 1. The number of nitrogens with one attached hydrogen (secondary N) is 2. The second-order valence-corrected chi connectivity index (χ2v) is 13.6. The van der Waals surface area contributed by atoms with Gasteiger partial charge in [-0.05, 0) is 49.2 Å². The number of carbonyl (C=O) groups excluding carboxylic acids is 1. The van der Waals surface area contributed by atoms with E-state index in [2.05, 4.69) is 10.0 Å². The predicted octanol–water partition coefficient (Wildman–Crippen LogP) is 3.72. The standard InChI is InChI=1S/C27H29ClF2N4O5S2/c28-24-10-23(41(36,37)33-26(35)27-11-21(38-16-27)6-8-39-27)9-17(12-31)25(24)32-20(5-7-34-13-19(30)14-34)15-40-22-3-1-18(29)2-4-22/h1-4,9-10,19-21,32H,5-8,11,13-16H2,(H,33,35)/t20-,21?,27?/m1/s1. The lowest BCUT2D eigenvalue weighted by atomic mass is 9.95. The quantitative estimate of drug-likeness (QED) is 0.360. The van der Waals surface area contributed by atoms with Crippen molar-refractivity contribution in [3.63, 3.8) is 0 Å². The van der Waals surface area contributed by atoms with E-state index in [0.29, 0.717) is 38.2 Å². The molecule has 0 radical (unpaired) electrons. The van der Waals surface area contributed by atoms with Crippen LogP contribution in [0.2, 0.25) is 5.02 Å². The van der Waals surface area contributed by atoms with Crippen molar-refractivity contribution in [2.24, 2.45) is 0 Å². The minimum atomic E-state index is -4.39. The molecule has 41 heavy (non-hydrogen) atoms. The Kier molecular flexibility index (Phi) is 9.08. The SMILES string of the molecule is N#Cc1cc(S(=O)(=O)NC(=O)C23COC(CCO2)C3)cc(Cl)c1N[C@H](CCN1CC(F)C1)CSc1ccc(F)cc1. The number of rotatable bonds is 11. The van der Waals surface area contributed by atoms with E-state index in [1.165, 1.54) is 30.0 Å². The van der Waals surface area contributed by atoms with E-state index >= 15 is 0 Å². The minimum absolute atomic E-state index is 0.0160. The van der Waals surface area contributed by atoms with E-state index < -0.39 is 27.7 Å². The molecule has 5 rings (SSSR count). The van der Waals surface area contributed by atoms with Crippen LogP contribution < -0.4 is 10.0 Å². The van der Waals surface area contributed by atoms with Gasteiger partial charge in [-0.25, -0.2) is 21.9 Å². The van der Waals surface area contributed by atoms with Gasteiger partial charge in [-0.15, -0.1) is 11.8 Å². The van der Waals surface area contributed by atoms with Crippen LogP contribution in [0.3, 0.4) is 0 Å². The maximum absolute atomic E-state index is 13.3. The van der Waals surface area contributed by atoms with Crippen LogP contribution in [0.5, 0.6) is 0 Å². The summed E-state index contributed by atoms with van der Waals surface area (Å²) in [5.41, 5.74) is -1.14. The van der Waals surface area contributed by atoms with Crippen LogP contribution in [0.1, 0.15) is 24.8 Å². The molecule has 2 aromatic rings. The van der Waals surface area contributed by atoms with Crippen LogP contribution in [0.15, 0.2) is 46.2 Å². The Morgan fingerprint density at radius 2 is 2.05 bits per heavy atom. The largest absolute Gasteiger partial charge is 0.379 e. The first-order valence-electron chi connectivity index (χ1n) is 13.1. The monoisotopic (exact) mass is 626 g/mol. The fourth-order valence-electron chi connectivity index (χ4n) is 5.04. The molecule has 2 aromatic carbocycles. The first-order chi connectivity index (χ1) is 19.6. The molecule has 3 atom stereocenters. The van der Waals surface area contributed by atoms with Gasteiger partial charge in [0, 0.05) is 42.7 Å². The van der Waals surface area contributed by atoms with Gasteiger partial charge in [-0.1, -0.05) is 11.6 Å². The Balaban J connectivity index is 1.32. The highest BCUT2D eigenvalue weighted by Gasteiger charge is 2.51. The fourth-order valence-corrected chi connectivity index (χ4v) is 7.44. The summed E-state index contributed by atoms with van der Waals surface area (Å²) in [5, 5.41) is 13.1. The summed E-state index contributed by atoms with van der Waals surface area (Å²) in [6.45, 7) is 1.58. The summed E-state index contributed by atoms with van der Waals surface area (Å²) in [4.78, 5) is 15.4. The van der Waals surface area contributed by atoms with E-state index in [4.69, 9.17) is 21.1 Å². The van der Waals surface area contributed by atoms with Crippen molar-refractivity contribution in [3.05, 3.63) is 52.8 Å². The number of hydrogen-bond donors (Lipinski definition) is 2. The van der Waals surface area contributed by atoms with Gasteiger partial charge in [0.2, 0.25) is 0 Å². The Morgan fingerprint density at radius 1 is 1.29 bits per heavy atom. The zero-order valence-corrected chi connectivity index (χ0v) is 24.3. The molecular weight excluding hydrogens is 598 g/mol. The average Bonchev–Trinajstić information content (AvgIpc) is 3.24. The number of halogens is 3. The Labute approximate surface area is 246 Å². The van der Waals surface area contributed by atoms with E-state index in [1.807, 2.05) is 11.0 Å². The number of amides is 1. The van der Waals surface area contributed by atoms with Crippen LogP contribution in [0.25, 0.3) is 0 Å². The number of thioether (sulfide) groups is 1. The van der Waals surface area contributed by atoms with Crippen LogP contribution >= 0.6 is 23.4 Å². The topological polar surface area (TPSA) is 121 Å². The number of benzene rings is 2. The molecule has 1 amide bonds. The van der Waals surface area contributed by atoms with Crippen molar-refractivity contribution in [1.29, 1.82) is 5.26 Å². The molecule has 14 heteroatoms. The number of nitrogens with zero attached hydrogens (tertiary/aromatic N) is 2. The van der Waals surface area contributed by atoms with Gasteiger partial charge in [0.1, 0.15) is 18.1 Å². The molecule has 0 spiro atoms. The molecule has 3 aliphatic rings. The lowest BCUT2D eigenvalue weighted by molar-refractivity contribution is -0.146. The van der Waals surface area contributed by atoms with Crippen LogP contribution in [0, 0.1) is 17.1 Å². The molecule has 2 N–H and O–H groups in total. The maximum Gasteiger partial charge on any atom is 0.268 e. The maximum atomic E-state index is 13.3. The Hall–Kier alpha value is -2.47. The summed E-state index contributed by atoms with van der Waals surface area (Å²) in [5.74, 6) is -0.650. The van der Waals surface area contributed by atoms with Gasteiger partial charge in [-0.3, -0.25) is 9.69 Å². The summed E-state index contributed by atoms with van der Waals surface area (Å²) in [6.07, 6.45) is 0.494. The number of anilines is 1. The summed E-state index contributed by atoms with van der Waals surface area (Å²) >= 11 is 7.99. The number of nitriles is 1. The number of fused-ring (bicyclic) bond motifs is 2. The van der Waals surface area contributed by atoms with E-state index in [-0.39, 0.29) is 58.8 Å². The number of hydrogen-bond acceptors (Lipinski definition) is 9. The molecule has 0 aromatic heterocycles. The fraction of sp³-hybridized carbons (Fsp3) is 0.481. The van der Waals surface area contributed by atoms with Crippen molar-refractivity contribution in [1.82, 2.24) is 9.62 Å². The van der Waals surface area contributed by atoms with Gasteiger partial charge in [0.15, 0.2) is 5.60 Å². The van der Waals surface area contributed by atoms with Gasteiger partial charge >= 0.3 is 0 Å². The smallest absolute Gasteiger partial charge is 0.268 e. The van der Waals surface area contributed by atoms with Crippen molar-refractivity contribution in [2.45, 2.75) is 53.0 Å². The first-order valence-corrected chi connectivity index (χ1v) is 16.0. The third kappa shape index (κ3) is 6.96. The highest BCUT2D eigenvalue weighted by molar-refractivity contribution is 7.99. The van der Waals surface area contributed by atoms with Gasteiger partial charge in [0.25, 0.3) is 15.9 Å². The average molecular weight is 627 g/mol. The highest BCUT2D eigenvalue weighted by Crippen LogP contribution is 2.36. The first kappa shape index (κ1) is 30.0. The summed E-state index contributed by atoms with van der Waals surface area (Å²) in [7, 11) is -4.39. The molecule has 3 heterocycles. The second-order valence-electron chi connectivity index (χ2n) is 10.4. The zero-order chi connectivity index (χ0) is 29.2. The predicted molar refractivity (Wildman–Crippen MR) is 150 cm³/mol. The van der Waals surface area contributed by atoms with E-state index in [0.717, 1.165) is 11.0 Å². The molecule has 0 saturated carbocycles. The lowest BCUT2D eigenvalue weighted by Gasteiger charge is -2.35. The van der Waals surface area contributed by atoms with Gasteiger partial charge in [-0.2, -0.15) is 5.26 Å². The van der Waals surface area contributed by atoms with Crippen LogP contribution in [-0.2, 0) is 24.3 Å². The number of likely N-dealkylation sites (tertiary alicyclic amines) is 1. The third-order valence-electron chi connectivity index (χ3n) is 7.38. The Bertz CT molecular complexity index is 1430. The zero-order valence-electron chi connectivity index (χ0n) is 21.9. The minimum Gasteiger partial charge on any atom is -0.379 e. The van der Waals surface area contributed by atoms with E-state index in [1.54, 1.807) is 12.1 Å². The summed E-state index contributed by atoms with van der Waals surface area (Å²) in [6, 6.07) is 10.2. The molecule has 3 saturated heterocycles. The normalized spacial score (nSPS) is 23.4. The Morgan fingerprint density at radius 3 is 2.76 bits per heavy atom. The molecule has 2 bridgehead atoms. The third-order valence-corrected chi connectivity index (χ3v) is 10.2. The molecule has 220 valence electrons. The van der Waals surface area contributed by atoms with Crippen molar-refractivity contribution in [3.8, 4) is 6.07 Å². The molecule has 3 aliphatic heterocycles. The number of alkyl halides is 1. The molecular formula is C27H29ClF2N4O5S2. The highest BCUT2D eigenvalue weighted by atomic mass is 35.5. The second kappa shape index (κ2) is 12.4. The van der Waals surface area contributed by atoms with Crippen LogP contribution in [0.4, 0.5) is 14.5 Å². The number of carbonyl (C=O) groups is 1. The van der Waals surface area contributed by atoms with E-state index in [9.17, 15) is 27.3 Å². The van der Waals surface area contributed by atoms with Gasteiger partial charge < -0.3 is 14.8 Å². The van der Waals surface area contributed by atoms with Crippen molar-refractivity contribution in [2.75, 3.05) is 43.9 Å².